The number of carbonyl (C=O) groups excluding carboxylic acids is 1. The van der Waals surface area contributed by atoms with Crippen LogP contribution in [0.2, 0.25) is 0 Å². The summed E-state index contributed by atoms with van der Waals surface area (Å²) in [5, 5.41) is 5.34. The minimum Gasteiger partial charge on any atom is -0.348 e. The van der Waals surface area contributed by atoms with Crippen LogP contribution in [0.5, 0.6) is 0 Å². The van der Waals surface area contributed by atoms with E-state index in [0.29, 0.717) is 12.1 Å². The van der Waals surface area contributed by atoms with Crippen LogP contribution in [0, 0.1) is 0 Å². The molecule has 0 radical (unpaired) electrons. The molecule has 0 aromatic heterocycles. The number of amides is 1. The SMILES string of the molecule is O=C(NCc1ccc2ccccc2c1)c1ccccc1Br. The molecule has 3 aromatic rings. The van der Waals surface area contributed by atoms with Crippen LogP contribution >= 0.6 is 15.9 Å². The van der Waals surface area contributed by atoms with E-state index in [1.807, 2.05) is 36.4 Å². The number of benzene rings is 3. The number of fused-ring (bicyclic) bond motifs is 1. The summed E-state index contributed by atoms with van der Waals surface area (Å²) in [7, 11) is 0. The van der Waals surface area contributed by atoms with Gasteiger partial charge in [0.05, 0.1) is 5.56 Å². The molecule has 21 heavy (non-hydrogen) atoms. The van der Waals surface area contributed by atoms with Gasteiger partial charge in [0.2, 0.25) is 0 Å². The van der Waals surface area contributed by atoms with E-state index in [0.717, 1.165) is 10.0 Å². The van der Waals surface area contributed by atoms with E-state index in [9.17, 15) is 4.79 Å². The molecule has 0 unspecified atom stereocenters. The van der Waals surface area contributed by atoms with E-state index in [-0.39, 0.29) is 5.91 Å². The van der Waals surface area contributed by atoms with Crippen molar-refractivity contribution in [1.29, 1.82) is 0 Å². The molecule has 0 saturated carbocycles. The fourth-order valence-corrected chi connectivity index (χ4v) is 2.74. The van der Waals surface area contributed by atoms with Gasteiger partial charge in [0.1, 0.15) is 0 Å². The minimum absolute atomic E-state index is 0.0735. The predicted molar refractivity (Wildman–Crippen MR) is 89.3 cm³/mol. The van der Waals surface area contributed by atoms with Gasteiger partial charge < -0.3 is 5.32 Å². The van der Waals surface area contributed by atoms with Crippen LogP contribution in [-0.4, -0.2) is 5.91 Å². The quantitative estimate of drug-likeness (QED) is 0.746. The molecule has 0 saturated heterocycles. The summed E-state index contributed by atoms with van der Waals surface area (Å²) >= 11 is 3.39. The Labute approximate surface area is 131 Å². The number of hydrogen-bond acceptors (Lipinski definition) is 1. The molecule has 3 aromatic carbocycles. The molecule has 0 aliphatic rings. The fraction of sp³-hybridized carbons (Fsp3) is 0.0556. The van der Waals surface area contributed by atoms with Crippen LogP contribution in [0.15, 0.2) is 71.2 Å². The van der Waals surface area contributed by atoms with E-state index < -0.39 is 0 Å². The Morgan fingerprint density at radius 2 is 1.62 bits per heavy atom. The zero-order chi connectivity index (χ0) is 14.7. The topological polar surface area (TPSA) is 29.1 Å². The van der Waals surface area contributed by atoms with Crippen molar-refractivity contribution in [3.8, 4) is 0 Å². The van der Waals surface area contributed by atoms with Crippen molar-refractivity contribution in [2.24, 2.45) is 0 Å². The van der Waals surface area contributed by atoms with E-state index >= 15 is 0 Å². The van der Waals surface area contributed by atoms with E-state index in [1.54, 1.807) is 6.07 Å². The van der Waals surface area contributed by atoms with Gasteiger partial charge in [-0.05, 0) is 50.5 Å². The number of rotatable bonds is 3. The van der Waals surface area contributed by atoms with Crippen LogP contribution in [0.1, 0.15) is 15.9 Å². The monoisotopic (exact) mass is 339 g/mol. The van der Waals surface area contributed by atoms with Crippen molar-refractivity contribution >= 4 is 32.6 Å². The van der Waals surface area contributed by atoms with Crippen LogP contribution in [0.4, 0.5) is 0 Å². The molecule has 0 heterocycles. The maximum Gasteiger partial charge on any atom is 0.252 e. The Bertz CT molecular complexity index is 798. The first-order valence-electron chi connectivity index (χ1n) is 6.74. The third kappa shape index (κ3) is 3.14. The largest absolute Gasteiger partial charge is 0.348 e. The zero-order valence-corrected chi connectivity index (χ0v) is 12.9. The Balaban J connectivity index is 1.74. The molecule has 0 spiro atoms. The van der Waals surface area contributed by atoms with E-state index in [1.165, 1.54) is 10.8 Å². The minimum atomic E-state index is -0.0735. The smallest absolute Gasteiger partial charge is 0.252 e. The van der Waals surface area contributed by atoms with Crippen molar-refractivity contribution in [2.45, 2.75) is 6.54 Å². The third-order valence-electron chi connectivity index (χ3n) is 3.39. The summed E-state index contributed by atoms with van der Waals surface area (Å²) in [6.07, 6.45) is 0. The first-order valence-corrected chi connectivity index (χ1v) is 7.54. The van der Waals surface area contributed by atoms with Crippen molar-refractivity contribution in [2.75, 3.05) is 0 Å². The lowest BCUT2D eigenvalue weighted by Crippen LogP contribution is -2.23. The van der Waals surface area contributed by atoms with Gasteiger partial charge in [-0.15, -0.1) is 0 Å². The Morgan fingerprint density at radius 3 is 2.43 bits per heavy atom. The lowest BCUT2D eigenvalue weighted by atomic mass is 10.1. The Hall–Kier alpha value is -2.13. The van der Waals surface area contributed by atoms with Gasteiger partial charge in [-0.25, -0.2) is 0 Å². The summed E-state index contributed by atoms with van der Waals surface area (Å²) in [6.45, 7) is 0.519. The van der Waals surface area contributed by atoms with E-state index in [4.69, 9.17) is 0 Å². The molecule has 2 nitrogen and oxygen atoms in total. The Kier molecular flexibility index (Phi) is 4.02. The molecule has 0 atom stereocenters. The number of carbonyl (C=O) groups is 1. The van der Waals surface area contributed by atoms with Crippen molar-refractivity contribution in [3.63, 3.8) is 0 Å². The summed E-state index contributed by atoms with van der Waals surface area (Å²) < 4.78 is 0.806. The molecule has 0 bridgehead atoms. The standard InChI is InChI=1S/C18H14BrNO/c19-17-8-4-3-7-16(17)18(21)20-12-13-9-10-14-5-1-2-6-15(14)11-13/h1-11H,12H2,(H,20,21). The lowest BCUT2D eigenvalue weighted by molar-refractivity contribution is 0.0950. The molecular formula is C18H14BrNO. The second kappa shape index (κ2) is 6.10. The van der Waals surface area contributed by atoms with Gasteiger partial charge in [-0.2, -0.15) is 0 Å². The van der Waals surface area contributed by atoms with E-state index in [2.05, 4.69) is 45.5 Å². The molecule has 3 heteroatoms. The normalized spacial score (nSPS) is 10.5. The molecule has 0 aliphatic heterocycles. The predicted octanol–water partition coefficient (Wildman–Crippen LogP) is 4.53. The Morgan fingerprint density at radius 1 is 0.905 bits per heavy atom. The zero-order valence-electron chi connectivity index (χ0n) is 11.3. The van der Waals surface area contributed by atoms with Gasteiger partial charge in [0.15, 0.2) is 0 Å². The maximum absolute atomic E-state index is 12.2. The van der Waals surface area contributed by atoms with Crippen LogP contribution in [0.25, 0.3) is 10.8 Å². The van der Waals surface area contributed by atoms with Gasteiger partial charge in [-0.3, -0.25) is 4.79 Å². The van der Waals surface area contributed by atoms with Crippen LogP contribution < -0.4 is 5.32 Å². The molecule has 3 rings (SSSR count). The van der Waals surface area contributed by atoms with Gasteiger partial charge in [0, 0.05) is 11.0 Å². The summed E-state index contributed by atoms with van der Waals surface area (Å²) in [5.41, 5.74) is 1.74. The van der Waals surface area contributed by atoms with Crippen LogP contribution in [-0.2, 0) is 6.54 Å². The van der Waals surface area contributed by atoms with Crippen LogP contribution in [0.3, 0.4) is 0 Å². The third-order valence-corrected chi connectivity index (χ3v) is 4.08. The molecule has 104 valence electrons. The van der Waals surface area contributed by atoms with Gasteiger partial charge in [0.25, 0.3) is 5.91 Å². The molecule has 0 aliphatic carbocycles. The lowest BCUT2D eigenvalue weighted by Gasteiger charge is -2.08. The number of halogens is 1. The van der Waals surface area contributed by atoms with Crippen molar-refractivity contribution < 1.29 is 4.79 Å². The second-order valence-corrected chi connectivity index (χ2v) is 5.70. The fourth-order valence-electron chi connectivity index (χ4n) is 2.27. The number of hydrogen-bond donors (Lipinski definition) is 1. The summed E-state index contributed by atoms with van der Waals surface area (Å²) in [5.74, 6) is -0.0735. The first-order chi connectivity index (χ1) is 10.2. The highest BCUT2D eigenvalue weighted by Crippen LogP contribution is 2.17. The highest BCUT2D eigenvalue weighted by Gasteiger charge is 2.08. The summed E-state index contributed by atoms with van der Waals surface area (Å²) in [4.78, 5) is 12.2. The molecular weight excluding hydrogens is 326 g/mol. The highest BCUT2D eigenvalue weighted by atomic mass is 79.9. The molecule has 1 N–H and O–H groups in total. The second-order valence-electron chi connectivity index (χ2n) is 4.84. The average Bonchev–Trinajstić information content (AvgIpc) is 2.53. The van der Waals surface area contributed by atoms with Gasteiger partial charge in [-0.1, -0.05) is 48.5 Å². The highest BCUT2D eigenvalue weighted by molar-refractivity contribution is 9.10. The van der Waals surface area contributed by atoms with Crippen molar-refractivity contribution in [1.82, 2.24) is 5.32 Å². The molecule has 1 amide bonds. The maximum atomic E-state index is 12.2. The first kappa shape index (κ1) is 13.8. The van der Waals surface area contributed by atoms with Crippen molar-refractivity contribution in [3.05, 3.63) is 82.3 Å². The van der Waals surface area contributed by atoms with Gasteiger partial charge >= 0.3 is 0 Å². The molecule has 0 fully saturated rings. The number of nitrogens with one attached hydrogen (secondary N) is 1. The summed E-state index contributed by atoms with van der Waals surface area (Å²) in [6, 6.07) is 21.9. The average molecular weight is 340 g/mol.